The Bertz CT molecular complexity index is 4840. The van der Waals surface area contributed by atoms with E-state index in [4.69, 9.17) is 4.85 Å². The SMILES string of the molecule is [C-]#[N+]c1c(-n2c3ccccc3c3ccccc32)c(C#N)c(-n2c3ccccc3c3ccccc32)c(-n2c3ccc(C(C)(C)C)cc3c3cc(C(C)(C)C)c4c5ccccc5sc4c32)c1-n1c2ccccc2c2ccccc21. The molecule has 6 nitrogen and oxygen atoms in total. The fourth-order valence-corrected chi connectivity index (χ4v) is 14.2. The number of hydrogen-bond donors (Lipinski definition) is 0. The highest BCUT2D eigenvalue weighted by Gasteiger charge is 2.36. The zero-order valence-corrected chi connectivity index (χ0v) is 44.4. The summed E-state index contributed by atoms with van der Waals surface area (Å²) in [6.45, 7) is 23.7. The predicted molar refractivity (Wildman–Crippen MR) is 325 cm³/mol. The maximum absolute atomic E-state index is 12.6. The van der Waals surface area contributed by atoms with E-state index in [1.54, 1.807) is 0 Å². The molecule has 0 aliphatic carbocycles. The molecule has 0 atom stereocenters. The van der Waals surface area contributed by atoms with Crippen molar-refractivity contribution >= 4 is 124 Å². The smallest absolute Gasteiger partial charge is 0.237 e. The first kappa shape index (κ1) is 45.0. The molecule has 0 saturated heterocycles. The maximum Gasteiger partial charge on any atom is 0.237 e. The zero-order valence-electron chi connectivity index (χ0n) is 43.6. The number of thiophene rings is 1. The van der Waals surface area contributed by atoms with E-state index in [0.717, 1.165) is 97.6 Å². The summed E-state index contributed by atoms with van der Waals surface area (Å²) in [6, 6.07) is 72.4. The number of para-hydroxylation sites is 6. The second-order valence-corrected chi connectivity index (χ2v) is 23.7. The van der Waals surface area contributed by atoms with Crippen LogP contribution in [0.2, 0.25) is 0 Å². The molecule has 7 heteroatoms. The van der Waals surface area contributed by atoms with Crippen LogP contribution in [0.15, 0.2) is 194 Å². The van der Waals surface area contributed by atoms with Crippen LogP contribution in [0.5, 0.6) is 0 Å². The van der Waals surface area contributed by atoms with Crippen molar-refractivity contribution in [2.24, 2.45) is 0 Å². The van der Waals surface area contributed by atoms with E-state index < -0.39 is 0 Å². The van der Waals surface area contributed by atoms with Crippen LogP contribution in [0.25, 0.3) is 135 Å². The first-order valence-electron chi connectivity index (χ1n) is 26.4. The molecule has 366 valence electrons. The number of hydrogen-bond acceptors (Lipinski definition) is 2. The highest BCUT2D eigenvalue weighted by molar-refractivity contribution is 7.26. The lowest BCUT2D eigenvalue weighted by Crippen LogP contribution is -2.15. The molecule has 0 aliphatic rings. The lowest BCUT2D eigenvalue weighted by molar-refractivity contribution is 0.591. The topological polar surface area (TPSA) is 47.9 Å². The van der Waals surface area contributed by atoms with Crippen LogP contribution in [-0.4, -0.2) is 18.3 Å². The van der Waals surface area contributed by atoms with Crippen molar-refractivity contribution in [3.63, 3.8) is 0 Å². The number of fused-ring (bicyclic) bond motifs is 16. The van der Waals surface area contributed by atoms with Gasteiger partial charge in [-0.15, -0.1) is 11.3 Å². The molecule has 0 N–H and O–H groups in total. The summed E-state index contributed by atoms with van der Waals surface area (Å²) in [6.07, 6.45) is 0. The minimum Gasteiger partial charge on any atom is -0.318 e. The predicted octanol–water partition coefficient (Wildman–Crippen LogP) is 19.5. The van der Waals surface area contributed by atoms with Gasteiger partial charge >= 0.3 is 0 Å². The molecular weight excluding hydrogens is 957 g/mol. The van der Waals surface area contributed by atoms with Crippen LogP contribution in [0.3, 0.4) is 0 Å². The second-order valence-electron chi connectivity index (χ2n) is 22.6. The van der Waals surface area contributed by atoms with Gasteiger partial charge in [0.15, 0.2) is 0 Å². The van der Waals surface area contributed by atoms with E-state index in [1.165, 1.54) is 26.6 Å². The Balaban J connectivity index is 1.31. The molecule has 5 aromatic heterocycles. The van der Waals surface area contributed by atoms with E-state index in [2.05, 4.69) is 260 Å². The lowest BCUT2D eigenvalue weighted by atomic mass is 9.82. The molecule has 0 spiro atoms. The molecule has 0 unspecified atom stereocenters. The Kier molecular flexibility index (Phi) is 9.39. The molecule has 15 rings (SSSR count). The van der Waals surface area contributed by atoms with Gasteiger partial charge in [0.1, 0.15) is 6.07 Å². The third-order valence-corrected chi connectivity index (χ3v) is 17.5. The molecule has 0 fully saturated rings. The fourth-order valence-electron chi connectivity index (χ4n) is 12.9. The van der Waals surface area contributed by atoms with Gasteiger partial charge in [-0.25, -0.2) is 4.85 Å². The van der Waals surface area contributed by atoms with E-state index in [-0.39, 0.29) is 10.8 Å². The highest BCUT2D eigenvalue weighted by atomic mass is 32.1. The number of nitrogens with zero attached hydrogens (tertiary/aromatic N) is 6. The molecule has 0 saturated carbocycles. The summed E-state index contributed by atoms with van der Waals surface area (Å²) in [5, 5.41) is 23.7. The average Bonchev–Trinajstić information content (AvgIpc) is 4.46. The zero-order chi connectivity index (χ0) is 52.2. The van der Waals surface area contributed by atoms with Crippen LogP contribution >= 0.6 is 11.3 Å². The summed E-state index contributed by atoms with van der Waals surface area (Å²) < 4.78 is 11.7. The number of benzene rings is 10. The average molecular weight is 1010 g/mol. The number of aromatic nitrogens is 4. The quantitative estimate of drug-likeness (QED) is 0.162. The molecule has 0 aliphatic heterocycles. The summed E-state index contributed by atoms with van der Waals surface area (Å²) in [5.74, 6) is 0. The van der Waals surface area contributed by atoms with Crippen LogP contribution in [0.1, 0.15) is 58.2 Å². The minimum atomic E-state index is -0.218. The van der Waals surface area contributed by atoms with Crippen LogP contribution in [0.4, 0.5) is 5.69 Å². The largest absolute Gasteiger partial charge is 0.318 e. The summed E-state index contributed by atoms with van der Waals surface area (Å²) >= 11 is 1.83. The molecule has 0 radical (unpaired) electrons. The second kappa shape index (κ2) is 16.1. The van der Waals surface area contributed by atoms with Crippen molar-refractivity contribution in [2.45, 2.75) is 52.4 Å². The summed E-state index contributed by atoms with van der Waals surface area (Å²) in [4.78, 5) is 4.82. The van der Waals surface area contributed by atoms with Crippen molar-refractivity contribution in [3.05, 3.63) is 222 Å². The van der Waals surface area contributed by atoms with Crippen LogP contribution in [0, 0.1) is 17.9 Å². The standard InChI is InChI=1S/C70H50N6S/c1-69(2,3)41-36-37-59-49(38-41)50-39-52(70(4,5)6)61-48-28-14-21-35-60(48)77-68(61)65(50)76(59)67-64(74-55-31-17-10-24-44(55)45-25-11-18-32-56(45)74)51(40-71)63(73-53-29-15-8-22-42(53)43-23-9-16-30-54(43)73)62(72-7)66(67)75-57-33-19-12-26-46(57)47-27-13-20-34-58(47)75/h8-39H,1-6H3. The normalized spacial score (nSPS) is 12.5. The van der Waals surface area contributed by atoms with Crippen molar-refractivity contribution in [1.29, 1.82) is 5.26 Å². The van der Waals surface area contributed by atoms with E-state index in [9.17, 15) is 11.8 Å². The Hall–Kier alpha value is -9.40. The molecular formula is C70H50N6S. The van der Waals surface area contributed by atoms with Gasteiger partial charge in [-0.2, -0.15) is 5.26 Å². The van der Waals surface area contributed by atoms with Gasteiger partial charge in [-0.05, 0) is 82.6 Å². The molecule has 0 amide bonds. The van der Waals surface area contributed by atoms with Gasteiger partial charge in [0.25, 0.3) is 0 Å². The monoisotopic (exact) mass is 1010 g/mol. The maximum atomic E-state index is 12.6. The molecule has 15 aromatic rings. The Morgan fingerprint density at radius 3 is 1.27 bits per heavy atom. The van der Waals surface area contributed by atoms with E-state index >= 15 is 0 Å². The third kappa shape index (κ3) is 6.15. The molecule has 77 heavy (non-hydrogen) atoms. The third-order valence-electron chi connectivity index (χ3n) is 16.3. The number of nitriles is 1. The minimum absolute atomic E-state index is 0.158. The number of rotatable bonds is 4. The Morgan fingerprint density at radius 2 is 0.831 bits per heavy atom. The summed E-state index contributed by atoms with van der Waals surface area (Å²) in [7, 11) is 0. The van der Waals surface area contributed by atoms with Gasteiger partial charge in [0.2, 0.25) is 5.69 Å². The molecule has 10 aromatic carbocycles. The van der Waals surface area contributed by atoms with Crippen molar-refractivity contribution in [3.8, 4) is 28.8 Å². The van der Waals surface area contributed by atoms with Crippen molar-refractivity contribution in [2.75, 3.05) is 0 Å². The Labute approximate surface area is 448 Å². The first-order chi connectivity index (χ1) is 37.5. The Morgan fingerprint density at radius 1 is 0.416 bits per heavy atom. The van der Waals surface area contributed by atoms with Gasteiger partial charge in [-0.3, -0.25) is 0 Å². The van der Waals surface area contributed by atoms with E-state index in [1.807, 2.05) is 11.3 Å². The van der Waals surface area contributed by atoms with E-state index in [0.29, 0.717) is 28.3 Å². The highest BCUT2D eigenvalue weighted by Crippen LogP contribution is 2.54. The molecule has 5 heterocycles. The van der Waals surface area contributed by atoms with Gasteiger partial charge in [0.05, 0.1) is 83.7 Å². The van der Waals surface area contributed by atoms with Crippen LogP contribution in [-0.2, 0) is 10.8 Å². The lowest BCUT2D eigenvalue weighted by Gasteiger charge is -2.28. The summed E-state index contributed by atoms with van der Waals surface area (Å²) in [5.41, 5.74) is 13.3. The first-order valence-corrected chi connectivity index (χ1v) is 27.2. The van der Waals surface area contributed by atoms with Gasteiger partial charge < -0.3 is 18.3 Å². The van der Waals surface area contributed by atoms with Gasteiger partial charge in [0, 0.05) is 58.6 Å². The van der Waals surface area contributed by atoms with Gasteiger partial charge in [-0.1, -0.05) is 175 Å². The van der Waals surface area contributed by atoms with Crippen molar-refractivity contribution in [1.82, 2.24) is 18.3 Å². The molecule has 0 bridgehead atoms. The van der Waals surface area contributed by atoms with Crippen molar-refractivity contribution < 1.29 is 0 Å². The fraction of sp³-hybridized carbons (Fsp3) is 0.114. The van der Waals surface area contributed by atoms with Crippen LogP contribution < -0.4 is 0 Å².